The molecule has 1 aromatic carbocycles. The van der Waals surface area contributed by atoms with E-state index in [9.17, 15) is 4.79 Å². The highest BCUT2D eigenvalue weighted by molar-refractivity contribution is 6.05. The minimum absolute atomic E-state index is 0.0274. The first-order chi connectivity index (χ1) is 7.60. The number of rotatable bonds is 2. The molecule has 0 bridgehead atoms. The number of Topliss-reactive ketones (excluding diaryl/α,β-unsaturated/α-hetero) is 1. The van der Waals surface area contributed by atoms with Gasteiger partial charge < -0.3 is 9.47 Å². The SMILES string of the molecule is COc1cc(C)c(OC)c2c1C(=O)C(C)C2. The minimum Gasteiger partial charge on any atom is -0.496 e. The van der Waals surface area contributed by atoms with E-state index in [0.717, 1.165) is 23.3 Å². The molecule has 3 heteroatoms. The van der Waals surface area contributed by atoms with Gasteiger partial charge >= 0.3 is 0 Å². The third-order valence-electron chi connectivity index (χ3n) is 3.16. The average Bonchev–Trinajstić information content (AvgIpc) is 2.55. The van der Waals surface area contributed by atoms with Gasteiger partial charge in [0, 0.05) is 11.5 Å². The van der Waals surface area contributed by atoms with Crippen LogP contribution in [0.25, 0.3) is 0 Å². The van der Waals surface area contributed by atoms with Crippen LogP contribution in [0.3, 0.4) is 0 Å². The number of aryl methyl sites for hydroxylation is 1. The first-order valence-electron chi connectivity index (χ1n) is 5.38. The molecule has 1 atom stereocenters. The Hall–Kier alpha value is -1.51. The van der Waals surface area contributed by atoms with Crippen LogP contribution < -0.4 is 9.47 Å². The van der Waals surface area contributed by atoms with E-state index in [0.29, 0.717) is 11.3 Å². The van der Waals surface area contributed by atoms with E-state index in [1.165, 1.54) is 0 Å². The highest BCUT2D eigenvalue weighted by atomic mass is 16.5. The van der Waals surface area contributed by atoms with Crippen molar-refractivity contribution in [3.63, 3.8) is 0 Å². The molecule has 1 unspecified atom stereocenters. The number of hydrogen-bond acceptors (Lipinski definition) is 3. The lowest BCUT2D eigenvalue weighted by atomic mass is 10.0. The maximum Gasteiger partial charge on any atom is 0.170 e. The Balaban J connectivity index is 2.70. The molecule has 1 aliphatic rings. The van der Waals surface area contributed by atoms with Gasteiger partial charge in [0.05, 0.1) is 19.8 Å². The Bertz CT molecular complexity index is 449. The quantitative estimate of drug-likeness (QED) is 0.767. The third-order valence-corrected chi connectivity index (χ3v) is 3.16. The Kier molecular flexibility index (Phi) is 2.62. The summed E-state index contributed by atoms with van der Waals surface area (Å²) in [6, 6.07) is 1.87. The van der Waals surface area contributed by atoms with Crippen LogP contribution in [0.5, 0.6) is 11.5 Å². The van der Waals surface area contributed by atoms with Crippen LogP contribution in [-0.4, -0.2) is 20.0 Å². The zero-order valence-electron chi connectivity index (χ0n) is 10.1. The summed E-state index contributed by atoms with van der Waals surface area (Å²) in [6.07, 6.45) is 0.745. The van der Waals surface area contributed by atoms with Crippen LogP contribution in [0, 0.1) is 12.8 Å². The molecule has 86 valence electrons. The number of fused-ring (bicyclic) bond motifs is 1. The molecule has 0 saturated carbocycles. The van der Waals surface area contributed by atoms with E-state index in [2.05, 4.69) is 0 Å². The molecular formula is C13H16O3. The maximum atomic E-state index is 12.0. The van der Waals surface area contributed by atoms with E-state index < -0.39 is 0 Å². The number of benzene rings is 1. The van der Waals surface area contributed by atoms with E-state index in [4.69, 9.17) is 9.47 Å². The van der Waals surface area contributed by atoms with Crippen molar-refractivity contribution >= 4 is 5.78 Å². The number of ketones is 1. The summed E-state index contributed by atoms with van der Waals surface area (Å²) in [5.41, 5.74) is 2.72. The first kappa shape index (κ1) is 11.0. The topological polar surface area (TPSA) is 35.5 Å². The molecule has 0 radical (unpaired) electrons. The molecule has 2 rings (SSSR count). The molecule has 1 aliphatic carbocycles. The smallest absolute Gasteiger partial charge is 0.170 e. The van der Waals surface area contributed by atoms with Gasteiger partial charge in [-0.25, -0.2) is 0 Å². The van der Waals surface area contributed by atoms with Crippen molar-refractivity contribution in [1.82, 2.24) is 0 Å². The lowest BCUT2D eigenvalue weighted by Gasteiger charge is -2.13. The molecular weight excluding hydrogens is 204 g/mol. The third kappa shape index (κ3) is 1.39. The van der Waals surface area contributed by atoms with Crippen LogP contribution in [0.2, 0.25) is 0 Å². The van der Waals surface area contributed by atoms with Crippen molar-refractivity contribution in [3.8, 4) is 11.5 Å². The van der Waals surface area contributed by atoms with E-state index >= 15 is 0 Å². The molecule has 0 amide bonds. The van der Waals surface area contributed by atoms with Gasteiger partial charge in [0.25, 0.3) is 0 Å². The highest BCUT2D eigenvalue weighted by Crippen LogP contribution is 2.41. The van der Waals surface area contributed by atoms with Gasteiger partial charge in [0.1, 0.15) is 11.5 Å². The molecule has 0 aromatic heterocycles. The summed E-state index contributed by atoms with van der Waals surface area (Å²) < 4.78 is 10.7. The minimum atomic E-state index is 0.0274. The van der Waals surface area contributed by atoms with Gasteiger partial charge in [-0.05, 0) is 25.0 Å². The molecule has 0 fully saturated rings. The molecule has 0 spiro atoms. The zero-order valence-corrected chi connectivity index (χ0v) is 10.1. The number of carbonyl (C=O) groups excluding carboxylic acids is 1. The van der Waals surface area contributed by atoms with Crippen molar-refractivity contribution in [3.05, 3.63) is 22.8 Å². The van der Waals surface area contributed by atoms with Gasteiger partial charge in [-0.15, -0.1) is 0 Å². The fourth-order valence-electron chi connectivity index (χ4n) is 2.39. The van der Waals surface area contributed by atoms with Crippen LogP contribution in [0.15, 0.2) is 6.07 Å². The van der Waals surface area contributed by atoms with Gasteiger partial charge in [-0.1, -0.05) is 6.92 Å². The zero-order chi connectivity index (χ0) is 11.9. The second kappa shape index (κ2) is 3.81. The predicted molar refractivity (Wildman–Crippen MR) is 61.5 cm³/mol. The summed E-state index contributed by atoms with van der Waals surface area (Å²) in [6.45, 7) is 3.91. The van der Waals surface area contributed by atoms with Gasteiger partial charge in [0.15, 0.2) is 5.78 Å². The monoisotopic (exact) mass is 220 g/mol. The van der Waals surface area contributed by atoms with Crippen LogP contribution in [0.1, 0.15) is 28.4 Å². The Morgan fingerprint density at radius 3 is 2.56 bits per heavy atom. The van der Waals surface area contributed by atoms with Crippen molar-refractivity contribution in [2.24, 2.45) is 5.92 Å². The van der Waals surface area contributed by atoms with Gasteiger partial charge in [0.2, 0.25) is 0 Å². The lowest BCUT2D eigenvalue weighted by Crippen LogP contribution is -2.05. The summed E-state index contributed by atoms with van der Waals surface area (Å²) >= 11 is 0. The van der Waals surface area contributed by atoms with Gasteiger partial charge in [-0.3, -0.25) is 4.79 Å². The highest BCUT2D eigenvalue weighted by Gasteiger charge is 2.33. The predicted octanol–water partition coefficient (Wildman–Crippen LogP) is 2.39. The normalized spacial score (nSPS) is 18.5. The van der Waals surface area contributed by atoms with Crippen molar-refractivity contribution in [2.45, 2.75) is 20.3 Å². The number of methoxy groups -OCH3 is 2. The maximum absolute atomic E-state index is 12.0. The second-order valence-electron chi connectivity index (χ2n) is 4.25. The van der Waals surface area contributed by atoms with E-state index in [-0.39, 0.29) is 11.7 Å². The molecule has 16 heavy (non-hydrogen) atoms. The summed E-state index contributed by atoms with van der Waals surface area (Å²) in [5.74, 6) is 1.68. The number of ether oxygens (including phenoxy) is 2. The van der Waals surface area contributed by atoms with Crippen LogP contribution in [0.4, 0.5) is 0 Å². The molecule has 0 saturated heterocycles. The fraction of sp³-hybridized carbons (Fsp3) is 0.462. The number of hydrogen-bond donors (Lipinski definition) is 0. The summed E-state index contributed by atoms with van der Waals surface area (Å²) in [7, 11) is 3.24. The Labute approximate surface area is 95.4 Å². The molecule has 0 heterocycles. The molecule has 3 nitrogen and oxygen atoms in total. The van der Waals surface area contributed by atoms with Crippen molar-refractivity contribution in [2.75, 3.05) is 14.2 Å². The largest absolute Gasteiger partial charge is 0.496 e. The van der Waals surface area contributed by atoms with Crippen molar-refractivity contribution < 1.29 is 14.3 Å². The van der Waals surface area contributed by atoms with Crippen LogP contribution in [-0.2, 0) is 6.42 Å². The second-order valence-corrected chi connectivity index (χ2v) is 4.25. The standard InChI is InChI=1S/C13H16O3/c1-7-5-9-11(12(7)14)10(15-3)6-8(2)13(9)16-4/h6-7H,5H2,1-4H3. The Morgan fingerprint density at radius 1 is 1.31 bits per heavy atom. The lowest BCUT2D eigenvalue weighted by molar-refractivity contribution is 0.0944. The molecule has 0 aliphatic heterocycles. The van der Waals surface area contributed by atoms with Crippen molar-refractivity contribution in [1.29, 1.82) is 0 Å². The van der Waals surface area contributed by atoms with Gasteiger partial charge in [-0.2, -0.15) is 0 Å². The average molecular weight is 220 g/mol. The molecule has 0 N–H and O–H groups in total. The van der Waals surface area contributed by atoms with E-state index in [1.54, 1.807) is 14.2 Å². The fourth-order valence-corrected chi connectivity index (χ4v) is 2.39. The summed E-state index contributed by atoms with van der Waals surface area (Å²) in [4.78, 5) is 12.0. The van der Waals surface area contributed by atoms with E-state index in [1.807, 2.05) is 19.9 Å². The number of carbonyl (C=O) groups is 1. The summed E-state index contributed by atoms with van der Waals surface area (Å²) in [5, 5.41) is 0. The Morgan fingerprint density at radius 2 is 2.00 bits per heavy atom. The first-order valence-corrected chi connectivity index (χ1v) is 5.38. The molecule has 1 aromatic rings. The van der Waals surface area contributed by atoms with Crippen LogP contribution >= 0.6 is 0 Å².